The molecule has 4 heteroatoms. The van der Waals surface area contributed by atoms with E-state index in [-0.39, 0.29) is 11.6 Å². The van der Waals surface area contributed by atoms with E-state index in [2.05, 4.69) is 0 Å². The van der Waals surface area contributed by atoms with Gasteiger partial charge < -0.3 is 4.90 Å². The van der Waals surface area contributed by atoms with Gasteiger partial charge in [0.15, 0.2) is 0 Å². The van der Waals surface area contributed by atoms with Crippen molar-refractivity contribution in [1.29, 1.82) is 0 Å². The van der Waals surface area contributed by atoms with Gasteiger partial charge in [-0.1, -0.05) is 0 Å². The van der Waals surface area contributed by atoms with Crippen molar-refractivity contribution >= 4 is 17.3 Å². The topological polar surface area (TPSA) is 3.24 Å². The zero-order valence-electron chi connectivity index (χ0n) is 8.15. The highest BCUT2D eigenvalue weighted by Gasteiger charge is 2.13. The summed E-state index contributed by atoms with van der Waals surface area (Å²) in [5.74, 6) is -1.01. The van der Waals surface area contributed by atoms with Gasteiger partial charge in [0.2, 0.25) is 0 Å². The summed E-state index contributed by atoms with van der Waals surface area (Å²) < 4.78 is 26.8. The number of hydrogen-bond acceptors (Lipinski definition) is 1. The molecule has 0 aliphatic carbocycles. The summed E-state index contributed by atoms with van der Waals surface area (Å²) in [6.07, 6.45) is 0. The molecule has 0 spiro atoms. The number of rotatable bonds is 3. The van der Waals surface area contributed by atoms with E-state index in [0.717, 1.165) is 0 Å². The molecule has 1 nitrogen and oxygen atoms in total. The van der Waals surface area contributed by atoms with Crippen LogP contribution in [0.5, 0.6) is 0 Å². The highest BCUT2D eigenvalue weighted by atomic mass is 35.5. The van der Waals surface area contributed by atoms with Crippen LogP contribution in [0.4, 0.5) is 14.5 Å². The van der Waals surface area contributed by atoms with E-state index in [1.165, 1.54) is 17.0 Å². The van der Waals surface area contributed by atoms with Crippen molar-refractivity contribution < 1.29 is 8.78 Å². The summed E-state index contributed by atoms with van der Waals surface area (Å²) in [6.45, 7) is 2.38. The molecule has 1 aromatic rings. The predicted molar refractivity (Wildman–Crippen MR) is 54.9 cm³/mol. The van der Waals surface area contributed by atoms with Gasteiger partial charge >= 0.3 is 0 Å². The largest absolute Gasteiger partial charge is 0.370 e. The molecule has 0 aliphatic rings. The van der Waals surface area contributed by atoms with Crippen LogP contribution in [0.2, 0.25) is 0 Å². The Morgan fingerprint density at radius 3 is 2.14 bits per heavy atom. The summed E-state index contributed by atoms with van der Waals surface area (Å²) in [7, 11) is 1.64. The van der Waals surface area contributed by atoms with Crippen molar-refractivity contribution in [2.75, 3.05) is 18.5 Å². The van der Waals surface area contributed by atoms with Crippen LogP contribution in [-0.4, -0.2) is 13.6 Å². The lowest BCUT2D eigenvalue weighted by Crippen LogP contribution is -2.19. The van der Waals surface area contributed by atoms with Crippen molar-refractivity contribution in [2.45, 2.75) is 12.8 Å². The fourth-order valence-corrected chi connectivity index (χ4v) is 1.37. The number of hydrogen-bond donors (Lipinski definition) is 0. The van der Waals surface area contributed by atoms with Crippen molar-refractivity contribution in [2.24, 2.45) is 0 Å². The van der Waals surface area contributed by atoms with E-state index in [1.54, 1.807) is 7.05 Å². The van der Waals surface area contributed by atoms with Crippen molar-refractivity contribution in [3.05, 3.63) is 29.3 Å². The monoisotopic (exact) mass is 219 g/mol. The summed E-state index contributed by atoms with van der Waals surface area (Å²) in [6, 6.07) is 2.52. The van der Waals surface area contributed by atoms with Gasteiger partial charge in [0.1, 0.15) is 17.3 Å². The number of nitrogens with zero attached hydrogens (tertiary/aromatic N) is 1. The van der Waals surface area contributed by atoms with E-state index < -0.39 is 11.6 Å². The lowest BCUT2D eigenvalue weighted by atomic mass is 10.2. The van der Waals surface area contributed by atoms with Gasteiger partial charge in [-0.05, 0) is 24.6 Å². The number of anilines is 1. The second kappa shape index (κ2) is 4.60. The zero-order valence-corrected chi connectivity index (χ0v) is 8.91. The maximum absolute atomic E-state index is 13.4. The molecule has 0 heterocycles. The van der Waals surface area contributed by atoms with Gasteiger partial charge in [-0.25, -0.2) is 8.78 Å². The van der Waals surface area contributed by atoms with Crippen LogP contribution < -0.4 is 4.90 Å². The Morgan fingerprint density at radius 1 is 1.29 bits per heavy atom. The third kappa shape index (κ3) is 2.15. The first-order chi connectivity index (χ1) is 6.60. The van der Waals surface area contributed by atoms with Crippen molar-refractivity contribution in [3.63, 3.8) is 0 Å². The predicted octanol–water partition coefficient (Wildman–Crippen LogP) is 3.16. The van der Waals surface area contributed by atoms with E-state index in [1.807, 2.05) is 6.92 Å². The minimum Gasteiger partial charge on any atom is -0.370 e. The number of halogens is 3. The molecule has 0 atom stereocenters. The Morgan fingerprint density at radius 2 is 1.79 bits per heavy atom. The van der Waals surface area contributed by atoms with Crippen LogP contribution in [0, 0.1) is 11.6 Å². The Hall–Kier alpha value is -0.830. The molecule has 0 unspecified atom stereocenters. The third-order valence-electron chi connectivity index (χ3n) is 2.09. The molecule has 0 bridgehead atoms. The fraction of sp³-hybridized carbons (Fsp3) is 0.400. The normalized spacial score (nSPS) is 10.4. The summed E-state index contributed by atoms with van der Waals surface area (Å²) in [5, 5.41) is 0. The molecular formula is C10H12ClF2N. The van der Waals surface area contributed by atoms with Crippen molar-refractivity contribution in [1.82, 2.24) is 0 Å². The molecule has 0 fully saturated rings. The second-order valence-corrected chi connectivity index (χ2v) is 3.32. The highest BCUT2D eigenvalue weighted by molar-refractivity contribution is 6.17. The molecule has 0 saturated heterocycles. The average molecular weight is 220 g/mol. The Bertz CT molecular complexity index is 305. The maximum atomic E-state index is 13.4. The summed E-state index contributed by atoms with van der Waals surface area (Å²) in [4.78, 5) is 1.52. The first-order valence-electron chi connectivity index (χ1n) is 4.35. The van der Waals surface area contributed by atoms with Gasteiger partial charge in [0.05, 0.1) is 0 Å². The molecule has 78 valence electrons. The molecule has 1 aromatic carbocycles. The lowest BCUT2D eigenvalue weighted by Gasteiger charge is -2.18. The number of alkyl halides is 1. The zero-order chi connectivity index (χ0) is 10.7. The molecular weight excluding hydrogens is 208 g/mol. The van der Waals surface area contributed by atoms with Crippen LogP contribution in [0.1, 0.15) is 12.5 Å². The first-order valence-corrected chi connectivity index (χ1v) is 4.88. The Kier molecular flexibility index (Phi) is 3.69. The van der Waals surface area contributed by atoms with Gasteiger partial charge in [-0.15, -0.1) is 11.6 Å². The number of benzene rings is 1. The molecule has 0 radical (unpaired) electrons. The van der Waals surface area contributed by atoms with E-state index >= 15 is 0 Å². The van der Waals surface area contributed by atoms with Crippen LogP contribution in [-0.2, 0) is 5.88 Å². The Labute approximate surface area is 87.3 Å². The second-order valence-electron chi connectivity index (χ2n) is 3.06. The van der Waals surface area contributed by atoms with Gasteiger partial charge in [0.25, 0.3) is 0 Å². The van der Waals surface area contributed by atoms with Gasteiger partial charge in [-0.3, -0.25) is 0 Å². The molecule has 0 amide bonds. The van der Waals surface area contributed by atoms with Gasteiger partial charge in [-0.2, -0.15) is 0 Å². The smallest absolute Gasteiger partial charge is 0.149 e. The quantitative estimate of drug-likeness (QED) is 0.706. The summed E-state index contributed by atoms with van der Waals surface area (Å²) >= 11 is 5.49. The van der Waals surface area contributed by atoms with E-state index in [9.17, 15) is 8.78 Å². The highest BCUT2D eigenvalue weighted by Crippen LogP contribution is 2.24. The molecule has 14 heavy (non-hydrogen) atoms. The molecule has 0 aliphatic heterocycles. The molecule has 0 saturated carbocycles. The lowest BCUT2D eigenvalue weighted by molar-refractivity contribution is 0.576. The van der Waals surface area contributed by atoms with Crippen LogP contribution in [0.15, 0.2) is 12.1 Å². The summed E-state index contributed by atoms with van der Waals surface area (Å²) in [5.41, 5.74) is 0.455. The Balaban J connectivity index is 3.18. The minimum absolute atomic E-state index is 0.00127. The van der Waals surface area contributed by atoms with Crippen LogP contribution in [0.25, 0.3) is 0 Å². The van der Waals surface area contributed by atoms with E-state index in [4.69, 9.17) is 11.6 Å². The third-order valence-corrected chi connectivity index (χ3v) is 2.40. The van der Waals surface area contributed by atoms with E-state index in [0.29, 0.717) is 12.1 Å². The van der Waals surface area contributed by atoms with Crippen molar-refractivity contribution in [3.8, 4) is 0 Å². The van der Waals surface area contributed by atoms with Crippen LogP contribution in [0.3, 0.4) is 0 Å². The molecule has 1 rings (SSSR count). The minimum atomic E-state index is -0.565. The van der Waals surface area contributed by atoms with Gasteiger partial charge in [0, 0.05) is 19.5 Å². The van der Waals surface area contributed by atoms with Crippen LogP contribution >= 0.6 is 11.6 Å². The average Bonchev–Trinajstić information content (AvgIpc) is 2.16. The fourth-order valence-electron chi connectivity index (χ4n) is 1.22. The standard InChI is InChI=1S/C10H12ClF2N/c1-3-14(2)10-8(12)4-7(6-11)5-9(10)13/h4-5H,3,6H2,1-2H3. The first kappa shape index (κ1) is 11.2. The SMILES string of the molecule is CCN(C)c1c(F)cc(CCl)cc1F. The maximum Gasteiger partial charge on any atom is 0.149 e. The molecule has 0 aromatic heterocycles. The molecule has 0 N–H and O–H groups in total.